The first-order valence-electron chi connectivity index (χ1n) is 41.0. The maximum absolute atomic E-state index is 2.48. The van der Waals surface area contributed by atoms with Crippen LogP contribution in [0.5, 0.6) is 0 Å². The average Bonchev–Trinajstić information content (AvgIpc) is 1.55. The summed E-state index contributed by atoms with van der Waals surface area (Å²) >= 11 is 1.85. The quantitative estimate of drug-likeness (QED) is 0.115. The lowest BCUT2D eigenvalue weighted by molar-refractivity contribution is 1.16. The first-order chi connectivity index (χ1) is 59.5. The van der Waals surface area contributed by atoms with Crippen molar-refractivity contribution in [2.24, 2.45) is 0 Å². The zero-order chi connectivity index (χ0) is 79.4. The Morgan fingerprint density at radius 2 is 0.433 bits per heavy atom. The number of rotatable bonds is 13. The smallest absolute Gasteiger partial charge is 0.0703 e. The summed E-state index contributed by atoms with van der Waals surface area (Å²) < 4.78 is 9.93. The Morgan fingerprint density at radius 3 is 0.883 bits per heavy atom. The number of anilines is 6. The molecule has 0 amide bonds. The van der Waals surface area contributed by atoms with E-state index in [9.17, 15) is 0 Å². The van der Waals surface area contributed by atoms with E-state index in [-0.39, 0.29) is 0 Å². The van der Waals surface area contributed by atoms with Crippen molar-refractivity contribution in [2.45, 2.75) is 0 Å². The van der Waals surface area contributed by atoms with Gasteiger partial charge in [-0.05, 0) is 206 Å². The van der Waals surface area contributed by atoms with Gasteiger partial charge in [0.25, 0.3) is 0 Å². The van der Waals surface area contributed by atoms with Gasteiger partial charge in [0.15, 0.2) is 0 Å². The van der Waals surface area contributed by atoms with E-state index < -0.39 is 0 Å². The minimum atomic E-state index is 1.09. The predicted molar refractivity (Wildman–Crippen MR) is 512 cm³/mol. The van der Waals surface area contributed by atoms with Crippen LogP contribution in [0.1, 0.15) is 0 Å². The van der Waals surface area contributed by atoms with Crippen LogP contribution in [0.4, 0.5) is 34.1 Å². The molecule has 0 aliphatic rings. The molecule has 0 aliphatic heterocycles. The maximum Gasteiger partial charge on any atom is 0.0703 e. The van der Waals surface area contributed by atoms with Crippen LogP contribution < -0.4 is 9.80 Å². The molecule has 120 heavy (non-hydrogen) atoms. The summed E-state index contributed by atoms with van der Waals surface area (Å²) in [5.74, 6) is 0. The molecule has 0 N–H and O–H groups in total. The summed E-state index contributed by atoms with van der Waals surface area (Å²) in [6, 6.07) is 169. The molecule has 6 heteroatoms. The fourth-order valence-electron chi connectivity index (χ4n) is 18.0. The zero-order valence-electron chi connectivity index (χ0n) is 65.6. The highest BCUT2D eigenvalue weighted by Crippen LogP contribution is 2.45. The molecular weight excluding hydrogens is 1470 g/mol. The Kier molecular flexibility index (Phi) is 18.1. The van der Waals surface area contributed by atoms with Crippen LogP contribution in [0.2, 0.25) is 0 Å². The molecule has 19 aromatic carbocycles. The third-order valence-electron chi connectivity index (χ3n) is 23.7. The van der Waals surface area contributed by atoms with E-state index in [1.54, 1.807) is 0 Å². The molecule has 0 spiro atoms. The Bertz CT molecular complexity index is 7660. The summed E-state index contributed by atoms with van der Waals surface area (Å²) in [7, 11) is 0. The predicted octanol–water partition coefficient (Wildman–Crippen LogP) is 32.0. The Morgan fingerprint density at radius 1 is 0.158 bits per heavy atom. The molecule has 23 rings (SSSR count). The summed E-state index contributed by atoms with van der Waals surface area (Å²) in [6.07, 6.45) is 0. The highest BCUT2D eigenvalue weighted by atomic mass is 32.1. The van der Waals surface area contributed by atoms with Crippen LogP contribution in [0, 0.1) is 0 Å². The van der Waals surface area contributed by atoms with Crippen LogP contribution in [0.25, 0.3) is 169 Å². The third kappa shape index (κ3) is 12.8. The van der Waals surface area contributed by atoms with E-state index in [1.807, 2.05) is 11.3 Å². The SMILES string of the molecule is c1ccc(-c2ccc(N(c3ccc(-c4ccccc4)cc3)c3ccc(-c4ccc5c(c4)c4cccc6c7ccccc7sc7ccccc7n5c64)cc3)cc2)cc1.c1ccc(-c2ccc(N(c3ccc(-c4ccccc4)cc3)c3ccc(-c4cccc(-n5c6ccccc6c6cccc7c8ccccc8n(c8ccccc85)c67)c4)cc3)cc2)cc1. The van der Waals surface area contributed by atoms with Gasteiger partial charge in [-0.2, -0.15) is 0 Å². The van der Waals surface area contributed by atoms with Crippen LogP contribution in [-0.2, 0) is 0 Å². The average molecular weight is 1550 g/mol. The van der Waals surface area contributed by atoms with Crippen LogP contribution in [0.3, 0.4) is 0 Å². The second-order valence-corrected chi connectivity index (χ2v) is 31.8. The summed E-state index contributed by atoms with van der Waals surface area (Å²) in [4.78, 5) is 4.69. The first-order valence-corrected chi connectivity index (χ1v) is 41.8. The molecule has 0 saturated carbocycles. The molecule has 4 aromatic heterocycles. The van der Waals surface area contributed by atoms with E-state index in [0.717, 1.165) is 67.5 Å². The molecular formula is C114H77N5S. The van der Waals surface area contributed by atoms with Crippen molar-refractivity contribution in [1.82, 2.24) is 13.4 Å². The molecule has 23 aromatic rings. The molecule has 0 saturated heterocycles. The minimum Gasteiger partial charge on any atom is -0.311 e. The standard InChI is InChI=1S/C60H41N3.C54H36N2S/c1-3-15-42(16-4-1)44-29-35-48(36-30-44)61(49-37-31-45(32-38-49)43-17-5-2-6-18-43)50-39-33-46(34-40-50)47-19-13-20-51(41-47)62-56-25-9-7-21-52(56)54-23-14-24-55-53-22-8-10-26-57(53)63(60(54)55)59-28-12-11-27-58(59)62;1-3-12-37(13-4-1)39-22-29-43(30-23-39)55(44-31-24-40(25-32-44)38-14-5-2-6-15-38)45-33-26-41(27-34-45)42-28-35-50-49(36-42)48-18-11-17-47-46-16-7-9-20-52(46)57-53-21-10-8-19-51(53)56(50)54(47)48/h1-41H;1-36H. The zero-order valence-corrected chi connectivity index (χ0v) is 66.4. The fourth-order valence-corrected chi connectivity index (χ4v) is 19.1. The van der Waals surface area contributed by atoms with Gasteiger partial charge in [-0.1, -0.05) is 328 Å². The van der Waals surface area contributed by atoms with Gasteiger partial charge in [0, 0.05) is 87.6 Å². The highest BCUT2D eigenvalue weighted by molar-refractivity contribution is 7.24. The summed E-state index contributed by atoms with van der Waals surface area (Å²) in [5, 5.41) is 10.0. The monoisotopic (exact) mass is 1550 g/mol. The number of benzene rings is 19. The van der Waals surface area contributed by atoms with E-state index in [1.165, 1.54) is 136 Å². The topological polar surface area (TPSA) is 20.2 Å². The Hall–Kier alpha value is -15.6. The van der Waals surface area contributed by atoms with Gasteiger partial charge in [-0.3, -0.25) is 0 Å². The van der Waals surface area contributed by atoms with Crippen LogP contribution >= 0.6 is 11.3 Å². The number of nitrogens with zero attached hydrogens (tertiary/aromatic N) is 5. The van der Waals surface area contributed by atoms with Gasteiger partial charge >= 0.3 is 0 Å². The van der Waals surface area contributed by atoms with E-state index in [2.05, 4.69) is 490 Å². The van der Waals surface area contributed by atoms with Gasteiger partial charge in [-0.15, -0.1) is 11.3 Å². The molecule has 4 heterocycles. The van der Waals surface area contributed by atoms with Crippen LogP contribution in [0.15, 0.2) is 467 Å². The highest BCUT2D eigenvalue weighted by Gasteiger charge is 2.22. The third-order valence-corrected chi connectivity index (χ3v) is 24.9. The lowest BCUT2D eigenvalue weighted by Gasteiger charge is -2.26. The van der Waals surface area contributed by atoms with Crippen molar-refractivity contribution < 1.29 is 0 Å². The van der Waals surface area contributed by atoms with Crippen molar-refractivity contribution in [3.63, 3.8) is 0 Å². The van der Waals surface area contributed by atoms with Crippen molar-refractivity contribution in [3.05, 3.63) is 467 Å². The lowest BCUT2D eigenvalue weighted by atomic mass is 10.0. The molecule has 5 nitrogen and oxygen atoms in total. The molecule has 0 atom stereocenters. The summed E-state index contributed by atoms with van der Waals surface area (Å²) in [5.41, 5.74) is 31.6. The lowest BCUT2D eigenvalue weighted by Crippen LogP contribution is -2.09. The van der Waals surface area contributed by atoms with E-state index in [4.69, 9.17) is 0 Å². The molecule has 0 aliphatic carbocycles. The Balaban J connectivity index is 0.000000145. The second kappa shape index (κ2) is 30.5. The first kappa shape index (κ1) is 71.0. The van der Waals surface area contributed by atoms with Gasteiger partial charge in [0.1, 0.15) is 0 Å². The largest absolute Gasteiger partial charge is 0.311 e. The van der Waals surface area contributed by atoms with Gasteiger partial charge < -0.3 is 23.2 Å². The molecule has 0 fully saturated rings. The van der Waals surface area contributed by atoms with Crippen molar-refractivity contribution in [1.29, 1.82) is 0 Å². The molecule has 0 unspecified atom stereocenters. The number of hydrogen-bond acceptors (Lipinski definition) is 3. The van der Waals surface area contributed by atoms with Gasteiger partial charge in [-0.25, -0.2) is 0 Å². The van der Waals surface area contributed by atoms with Gasteiger partial charge in [0.05, 0.1) is 48.8 Å². The van der Waals surface area contributed by atoms with Crippen LogP contribution in [-0.4, -0.2) is 13.4 Å². The van der Waals surface area contributed by atoms with Crippen molar-refractivity contribution in [3.8, 4) is 72.4 Å². The minimum absolute atomic E-state index is 1.09. The van der Waals surface area contributed by atoms with E-state index in [0.29, 0.717) is 0 Å². The number of aromatic nitrogens is 3. The fraction of sp³-hybridized carbons (Fsp3) is 0. The molecule has 0 radical (unpaired) electrons. The van der Waals surface area contributed by atoms with Gasteiger partial charge in [0.2, 0.25) is 0 Å². The van der Waals surface area contributed by atoms with Crippen molar-refractivity contribution >= 4 is 142 Å². The van der Waals surface area contributed by atoms with Crippen molar-refractivity contribution in [2.75, 3.05) is 9.80 Å². The Labute approximate surface area is 699 Å². The number of hydrogen-bond donors (Lipinski definition) is 0. The summed E-state index contributed by atoms with van der Waals surface area (Å²) in [6.45, 7) is 0. The van der Waals surface area contributed by atoms with E-state index >= 15 is 0 Å². The molecule has 0 bridgehead atoms. The number of para-hydroxylation sites is 7. The maximum atomic E-state index is 2.48. The second-order valence-electron chi connectivity index (χ2n) is 30.7. The normalized spacial score (nSPS) is 11.5. The molecule has 564 valence electrons. The number of fused-ring (bicyclic) bond motifs is 14.